The molecule has 0 amide bonds. The van der Waals surface area contributed by atoms with E-state index in [9.17, 15) is 0 Å². The summed E-state index contributed by atoms with van der Waals surface area (Å²) in [7, 11) is -5.74. The predicted molar refractivity (Wildman–Crippen MR) is 137 cm³/mol. The van der Waals surface area contributed by atoms with E-state index in [0.717, 1.165) is 25.7 Å². The van der Waals surface area contributed by atoms with E-state index in [0.29, 0.717) is 6.54 Å². The lowest BCUT2D eigenvalue weighted by Gasteiger charge is -2.17. The van der Waals surface area contributed by atoms with E-state index in [1.807, 2.05) is 0 Å². The van der Waals surface area contributed by atoms with E-state index in [2.05, 4.69) is 80.6 Å². The van der Waals surface area contributed by atoms with Gasteiger partial charge in [0, 0.05) is 15.7 Å². The summed E-state index contributed by atoms with van der Waals surface area (Å²) in [6.45, 7) is 5.10. The van der Waals surface area contributed by atoms with Gasteiger partial charge in [-0.25, -0.2) is 0 Å². The maximum atomic E-state index is 8.70. The Kier molecular flexibility index (Phi) is 14.2. The van der Waals surface area contributed by atoms with Gasteiger partial charge < -0.3 is 5.73 Å². The Morgan fingerprint density at radius 3 is 1.65 bits per heavy atom. The summed E-state index contributed by atoms with van der Waals surface area (Å²) in [5, 5.41) is 0. The largest absolute Gasteiger partial charge is 0.692 e. The number of aryl methyl sites for hydroxylation is 1. The minimum atomic E-state index is -2.87. The van der Waals surface area contributed by atoms with E-state index in [4.69, 9.17) is 34.4 Å². The molecule has 0 aliphatic carbocycles. The number of hydrogen-bond acceptors (Lipinski definition) is 3. The van der Waals surface area contributed by atoms with Crippen molar-refractivity contribution in [2.45, 2.75) is 46.1 Å². The van der Waals surface area contributed by atoms with Gasteiger partial charge in [0.05, 0.1) is 0 Å². The van der Waals surface area contributed by atoms with Crippen molar-refractivity contribution in [2.24, 2.45) is 5.73 Å². The van der Waals surface area contributed by atoms with Crippen molar-refractivity contribution in [2.75, 3.05) is 0 Å². The van der Waals surface area contributed by atoms with Crippen molar-refractivity contribution in [3.05, 3.63) is 83.4 Å². The first-order valence-electron chi connectivity index (χ1n) is 10.9. The molecule has 0 bridgehead atoms. The molecular weight excluding hydrogens is 472 g/mol. The second-order valence-electron chi connectivity index (χ2n) is 7.43. The fourth-order valence-corrected chi connectivity index (χ4v) is 3.68. The van der Waals surface area contributed by atoms with Crippen LogP contribution in [0.15, 0.2) is 66.7 Å². The van der Waals surface area contributed by atoms with Crippen LogP contribution in [0.25, 0.3) is 22.3 Å². The zero-order chi connectivity index (χ0) is 25.5. The third kappa shape index (κ3) is 10.7. The summed E-state index contributed by atoms with van der Waals surface area (Å²) < 4.78 is 17.4. The van der Waals surface area contributed by atoms with Crippen LogP contribution in [0.3, 0.4) is 0 Å². The molecule has 6 N–H and O–H groups in total. The number of nitrogens with two attached hydrogens (primary N) is 1. The van der Waals surface area contributed by atoms with Crippen molar-refractivity contribution >= 4 is 16.5 Å². The Labute approximate surface area is 202 Å². The Morgan fingerprint density at radius 1 is 0.706 bits per heavy atom. The van der Waals surface area contributed by atoms with Crippen molar-refractivity contribution in [3.63, 3.8) is 0 Å². The molecule has 7 nitrogen and oxygen atoms in total. The number of benzene rings is 3. The highest BCUT2D eigenvalue weighted by atomic mass is 31.1. The molecular formula is C25H33NO6P2+2. The van der Waals surface area contributed by atoms with Crippen LogP contribution in [0.4, 0.5) is 0 Å². The van der Waals surface area contributed by atoms with Crippen molar-refractivity contribution in [1.29, 1.82) is 0 Å². The van der Waals surface area contributed by atoms with Crippen LogP contribution < -0.4 is 5.73 Å². The summed E-state index contributed by atoms with van der Waals surface area (Å²) in [4.78, 5) is 28.5. The molecule has 9 heteroatoms. The van der Waals surface area contributed by atoms with E-state index < -0.39 is 16.5 Å². The lowest BCUT2D eigenvalue weighted by molar-refractivity contribution is 0.403. The molecule has 0 aromatic heterocycles. The van der Waals surface area contributed by atoms with Gasteiger partial charge in [-0.3, -0.25) is 0 Å². The van der Waals surface area contributed by atoms with Gasteiger partial charge in [-0.2, -0.15) is 0 Å². The van der Waals surface area contributed by atoms with E-state index in [1.54, 1.807) is 0 Å². The molecule has 0 heterocycles. The van der Waals surface area contributed by atoms with Gasteiger partial charge in [0.2, 0.25) is 0 Å². The molecule has 3 aromatic rings. The minimum absolute atomic E-state index is 0.595. The predicted octanol–water partition coefficient (Wildman–Crippen LogP) is 5.64. The first-order chi connectivity index (χ1) is 16.2. The first-order valence-corrected chi connectivity index (χ1v) is 13.3. The molecule has 0 fully saturated rings. The average Bonchev–Trinajstić information content (AvgIpc) is 2.80. The molecule has 0 spiro atoms. The second kappa shape index (κ2) is 16.3. The summed E-state index contributed by atoms with van der Waals surface area (Å²) in [5.74, 6) is 0. The normalized spacial score (nSPS) is 9.85. The highest BCUT2D eigenvalue weighted by Gasteiger charge is 2.12. The summed E-state index contributed by atoms with van der Waals surface area (Å²) in [6.07, 6.45) is 4.57. The second-order valence-corrected chi connectivity index (χ2v) is 8.45. The van der Waals surface area contributed by atoms with Crippen molar-refractivity contribution < 1.29 is 28.7 Å². The van der Waals surface area contributed by atoms with Crippen LogP contribution in [0.1, 0.15) is 43.4 Å². The van der Waals surface area contributed by atoms with Gasteiger partial charge in [-0.15, -0.1) is 19.6 Å². The molecule has 0 aliphatic rings. The van der Waals surface area contributed by atoms with E-state index >= 15 is 0 Å². The lowest BCUT2D eigenvalue weighted by atomic mass is 9.88. The average molecular weight is 505 g/mol. The van der Waals surface area contributed by atoms with Crippen LogP contribution in [0.2, 0.25) is 0 Å². The minimum Gasteiger partial charge on any atom is -0.326 e. The monoisotopic (exact) mass is 505 g/mol. The van der Waals surface area contributed by atoms with Crippen LogP contribution in [0, 0.1) is 0 Å². The van der Waals surface area contributed by atoms with Gasteiger partial charge in [0.25, 0.3) is 0 Å². The van der Waals surface area contributed by atoms with Gasteiger partial charge in [-0.05, 0) is 57.9 Å². The van der Waals surface area contributed by atoms with Gasteiger partial charge >= 0.3 is 16.5 Å². The molecule has 182 valence electrons. The highest BCUT2D eigenvalue weighted by Crippen LogP contribution is 2.32. The zero-order valence-corrected chi connectivity index (χ0v) is 21.3. The quantitative estimate of drug-likeness (QED) is 0.262. The maximum Gasteiger partial charge on any atom is 0.692 e. The molecule has 34 heavy (non-hydrogen) atoms. The summed E-state index contributed by atoms with van der Waals surface area (Å²) in [6, 6.07) is 24.1. The smallest absolute Gasteiger partial charge is 0.326 e. The van der Waals surface area contributed by atoms with Crippen molar-refractivity contribution in [1.82, 2.24) is 0 Å². The summed E-state index contributed by atoms with van der Waals surface area (Å²) in [5.41, 5.74) is 15.4. The third-order valence-electron chi connectivity index (χ3n) is 4.96. The van der Waals surface area contributed by atoms with Crippen molar-refractivity contribution in [3.8, 4) is 22.3 Å². The highest BCUT2D eigenvalue weighted by molar-refractivity contribution is 7.31. The molecule has 0 atom stereocenters. The van der Waals surface area contributed by atoms with Gasteiger partial charge in [0.15, 0.2) is 0 Å². The maximum absolute atomic E-state index is 8.70. The van der Waals surface area contributed by atoms with Crippen LogP contribution in [-0.2, 0) is 28.5 Å². The van der Waals surface area contributed by atoms with E-state index in [1.165, 1.54) is 38.9 Å². The van der Waals surface area contributed by atoms with Crippen LogP contribution >= 0.6 is 16.5 Å². The molecule has 0 radical (unpaired) electrons. The van der Waals surface area contributed by atoms with E-state index in [-0.39, 0.29) is 0 Å². The Balaban J connectivity index is 0.000000629. The molecule has 0 saturated carbocycles. The SMILES string of the molecule is CCCc1cc(CN)cc(-c2ccc(-c3ccccc3)cc2)c1CCC.O=[P+](O)O.O=[P+](O)O. The fourth-order valence-electron chi connectivity index (χ4n) is 3.68. The Bertz CT molecular complexity index is 1020. The Morgan fingerprint density at radius 2 is 1.18 bits per heavy atom. The molecule has 0 unspecified atom stereocenters. The zero-order valence-electron chi connectivity index (χ0n) is 19.5. The van der Waals surface area contributed by atoms with Crippen LogP contribution in [0.5, 0.6) is 0 Å². The number of hydrogen-bond donors (Lipinski definition) is 5. The van der Waals surface area contributed by atoms with Crippen LogP contribution in [-0.4, -0.2) is 19.6 Å². The van der Waals surface area contributed by atoms with Gasteiger partial charge in [-0.1, -0.05) is 87.4 Å². The number of rotatable bonds is 7. The third-order valence-corrected chi connectivity index (χ3v) is 4.96. The Hall–Kier alpha value is -2.34. The molecule has 3 aromatic carbocycles. The van der Waals surface area contributed by atoms with Gasteiger partial charge in [0.1, 0.15) is 0 Å². The molecule has 0 aliphatic heterocycles. The summed E-state index contributed by atoms with van der Waals surface area (Å²) >= 11 is 0. The lowest BCUT2D eigenvalue weighted by Crippen LogP contribution is -2.03. The fraction of sp³-hybridized carbons (Fsp3) is 0.280. The molecule has 3 rings (SSSR count). The topological polar surface area (TPSA) is 141 Å². The molecule has 0 saturated heterocycles. The first kappa shape index (κ1) is 29.7. The standard InChI is InChI=1S/C25H29N.2HO3P/c1-3-8-23-16-19(18-26)17-25(24(23)9-4-2)22-14-12-21(13-15-22)20-10-6-5-7-11-20;2*1-4(2)3/h5-7,10-17H,3-4,8-9,18,26H2,1-2H3;2*(H-,1,2,3)/p+2.